The number of hydrogen-bond donors (Lipinski definition) is 5. The molecule has 1 aliphatic heterocycles. The molecule has 1 aromatic carbocycles. The molecule has 1 aromatic rings. The van der Waals surface area contributed by atoms with E-state index in [1.54, 1.807) is 12.1 Å². The van der Waals surface area contributed by atoms with Crippen molar-refractivity contribution in [2.75, 3.05) is 13.3 Å². The first kappa shape index (κ1) is 20.7. The summed E-state index contributed by atoms with van der Waals surface area (Å²) in [4.78, 5) is 19.5. The number of hydrogen-bond acceptors (Lipinski definition) is 6. The molecule has 0 saturated carbocycles. The first-order chi connectivity index (χ1) is 11.7. The minimum absolute atomic E-state index is 0.178. The largest absolute Gasteiger partial charge is 0.481 e. The minimum Gasteiger partial charge on any atom is -0.481 e. The molecule has 0 bridgehead atoms. The Balaban J connectivity index is 0.000000275. The second kappa shape index (κ2) is 8.70. The third kappa shape index (κ3) is 5.08. The zero-order chi connectivity index (χ0) is 19.2. The smallest absolute Gasteiger partial charge is 0.335 e. The van der Waals surface area contributed by atoms with E-state index in [9.17, 15) is 18.4 Å². The van der Waals surface area contributed by atoms with Crippen LogP contribution in [0.25, 0.3) is 0 Å². The molecule has 0 aliphatic carbocycles. The summed E-state index contributed by atoms with van der Waals surface area (Å²) >= 11 is 0. The first-order valence-corrected chi connectivity index (χ1v) is 7.14. The monoisotopic (exact) mass is 363 g/mol. The van der Waals surface area contributed by atoms with E-state index >= 15 is 0 Å². The van der Waals surface area contributed by atoms with Crippen molar-refractivity contribution in [1.82, 2.24) is 0 Å². The molecule has 0 fully saturated rings. The van der Waals surface area contributed by atoms with Crippen LogP contribution in [0.5, 0.6) is 5.75 Å². The molecule has 10 heteroatoms. The van der Waals surface area contributed by atoms with Crippen molar-refractivity contribution in [3.05, 3.63) is 29.8 Å². The molecule has 0 radical (unpaired) electrons. The van der Waals surface area contributed by atoms with Gasteiger partial charge in [0.25, 0.3) is 0 Å². The third-order valence-corrected chi connectivity index (χ3v) is 3.53. The Hall–Kier alpha value is -2.30. The van der Waals surface area contributed by atoms with Crippen LogP contribution in [0.2, 0.25) is 0 Å². The maximum atomic E-state index is 12.8. The van der Waals surface area contributed by atoms with Gasteiger partial charge >= 0.3 is 11.9 Å². The van der Waals surface area contributed by atoms with Crippen LogP contribution in [-0.4, -0.2) is 63.5 Å². The number of nitrogens with two attached hydrogens (primary N) is 1. The van der Waals surface area contributed by atoms with Gasteiger partial charge in [-0.1, -0.05) is 18.2 Å². The molecule has 0 aromatic heterocycles. The number of carboxylic acids is 2. The van der Waals surface area contributed by atoms with Crippen LogP contribution in [0, 0.1) is 0 Å². The van der Waals surface area contributed by atoms with Crippen molar-refractivity contribution in [1.29, 1.82) is 0 Å². The fourth-order valence-electron chi connectivity index (χ4n) is 2.13. The van der Waals surface area contributed by atoms with Crippen molar-refractivity contribution in [2.45, 2.75) is 30.3 Å². The predicted molar refractivity (Wildman–Crippen MR) is 80.6 cm³/mol. The fourth-order valence-corrected chi connectivity index (χ4v) is 2.13. The molecule has 0 saturated heterocycles. The second-order valence-corrected chi connectivity index (χ2v) is 5.47. The molecular weight excluding hydrogens is 344 g/mol. The molecule has 0 spiro atoms. The van der Waals surface area contributed by atoms with Crippen molar-refractivity contribution >= 4 is 11.9 Å². The number of halogens is 2. The van der Waals surface area contributed by atoms with Gasteiger partial charge < -0.3 is 30.9 Å². The highest BCUT2D eigenvalue weighted by atomic mass is 19.1. The molecule has 3 atom stereocenters. The van der Waals surface area contributed by atoms with Crippen LogP contribution in [0.1, 0.15) is 18.0 Å². The van der Waals surface area contributed by atoms with Gasteiger partial charge in [0, 0.05) is 18.0 Å². The summed E-state index contributed by atoms with van der Waals surface area (Å²) in [6, 6.07) is 6.74. The van der Waals surface area contributed by atoms with Gasteiger partial charge in [0.1, 0.15) is 19.1 Å². The second-order valence-electron chi connectivity index (χ2n) is 5.47. The number of aliphatic hydroxyl groups is 2. The van der Waals surface area contributed by atoms with Gasteiger partial charge in [0.05, 0.1) is 0 Å². The maximum Gasteiger partial charge on any atom is 0.335 e. The van der Waals surface area contributed by atoms with E-state index in [1.807, 2.05) is 12.1 Å². The Kier molecular flexibility index (Phi) is 7.22. The number of ether oxygens (including phenoxy) is 1. The molecule has 8 nitrogen and oxygen atoms in total. The Morgan fingerprint density at radius 1 is 1.16 bits per heavy atom. The normalized spacial score (nSPS) is 20.1. The van der Waals surface area contributed by atoms with E-state index in [0.29, 0.717) is 5.75 Å². The number of benzene rings is 1. The molecule has 0 amide bonds. The SMILES string of the molecule is N[C@@H]1CC(CF)(CF)Oc2ccccc21.O=C(O)[C@@H](O)[C@H](O)C(=O)O. The minimum atomic E-state index is -2.27. The van der Waals surface area contributed by atoms with Crippen molar-refractivity contribution in [2.24, 2.45) is 5.73 Å². The molecule has 25 heavy (non-hydrogen) atoms. The molecule has 0 unspecified atom stereocenters. The summed E-state index contributed by atoms with van der Waals surface area (Å²) in [6.45, 7) is -1.71. The standard InChI is InChI=1S/C11H13F2NO.C4H6O6/c12-6-11(7-13)5-9(14)8-3-1-2-4-10(8)15-11;5-1(3(7)8)2(6)4(9)10/h1-4,9H,5-7,14H2;1-2,5-6H,(H,7,8)(H,9,10)/t9-;1-,2-/m10/s1. The summed E-state index contributed by atoms with van der Waals surface area (Å²) in [5, 5.41) is 32.5. The highest BCUT2D eigenvalue weighted by molar-refractivity contribution is 5.83. The maximum absolute atomic E-state index is 12.8. The number of carbonyl (C=O) groups is 2. The Labute approximate surface area is 141 Å². The lowest BCUT2D eigenvalue weighted by Gasteiger charge is -2.37. The van der Waals surface area contributed by atoms with Crippen LogP contribution < -0.4 is 10.5 Å². The summed E-state index contributed by atoms with van der Waals surface area (Å²) in [5.41, 5.74) is 5.29. The lowest BCUT2D eigenvalue weighted by Crippen LogP contribution is -2.46. The third-order valence-electron chi connectivity index (χ3n) is 3.53. The van der Waals surface area contributed by atoms with E-state index in [4.69, 9.17) is 30.9 Å². The van der Waals surface area contributed by atoms with Crippen LogP contribution in [-0.2, 0) is 9.59 Å². The van der Waals surface area contributed by atoms with E-state index in [2.05, 4.69) is 0 Å². The van der Waals surface area contributed by atoms with Gasteiger partial charge in [0.2, 0.25) is 0 Å². The number of aliphatic carboxylic acids is 2. The van der Waals surface area contributed by atoms with Gasteiger partial charge in [-0.3, -0.25) is 0 Å². The van der Waals surface area contributed by atoms with E-state index in [1.165, 1.54) is 0 Å². The topological polar surface area (TPSA) is 150 Å². The van der Waals surface area contributed by atoms with Crippen LogP contribution >= 0.6 is 0 Å². The number of rotatable bonds is 5. The van der Waals surface area contributed by atoms with Crippen LogP contribution in [0.4, 0.5) is 8.78 Å². The Bertz CT molecular complexity index is 591. The van der Waals surface area contributed by atoms with Gasteiger partial charge in [-0.2, -0.15) is 0 Å². The number of carboxylic acid groups (broad SMARTS) is 2. The van der Waals surface area contributed by atoms with Crippen LogP contribution in [0.15, 0.2) is 24.3 Å². The average Bonchev–Trinajstić information content (AvgIpc) is 2.60. The fraction of sp³-hybridized carbons (Fsp3) is 0.467. The molecule has 1 heterocycles. The molecule has 140 valence electrons. The quantitative estimate of drug-likeness (QED) is 0.491. The zero-order valence-corrected chi connectivity index (χ0v) is 13.0. The van der Waals surface area contributed by atoms with E-state index < -0.39 is 43.1 Å². The summed E-state index contributed by atoms with van der Waals surface area (Å²) in [7, 11) is 0. The molecule has 2 rings (SSSR count). The Morgan fingerprint density at radius 3 is 2.08 bits per heavy atom. The number of fused-ring (bicyclic) bond motifs is 1. The lowest BCUT2D eigenvalue weighted by atomic mass is 9.89. The number of aliphatic hydroxyl groups excluding tert-OH is 2. The van der Waals surface area contributed by atoms with Gasteiger partial charge in [-0.25, -0.2) is 18.4 Å². The van der Waals surface area contributed by atoms with Crippen molar-refractivity contribution in [3.63, 3.8) is 0 Å². The number of alkyl halides is 2. The number of para-hydroxylation sites is 1. The van der Waals surface area contributed by atoms with E-state index in [-0.39, 0.29) is 12.5 Å². The van der Waals surface area contributed by atoms with Crippen molar-refractivity contribution in [3.8, 4) is 5.75 Å². The first-order valence-electron chi connectivity index (χ1n) is 7.14. The predicted octanol–water partition coefficient (Wildman–Crippen LogP) is 0.0241. The average molecular weight is 363 g/mol. The molecular formula is C15H19F2NO7. The molecule has 1 aliphatic rings. The van der Waals surface area contributed by atoms with Gasteiger partial charge in [0.15, 0.2) is 17.8 Å². The zero-order valence-electron chi connectivity index (χ0n) is 13.0. The lowest BCUT2D eigenvalue weighted by molar-refractivity contribution is -0.165. The molecule has 6 N–H and O–H groups in total. The van der Waals surface area contributed by atoms with E-state index in [0.717, 1.165) is 5.56 Å². The van der Waals surface area contributed by atoms with Crippen molar-refractivity contribution < 1.29 is 43.5 Å². The summed E-state index contributed by atoms with van der Waals surface area (Å²) in [6.07, 6.45) is -4.35. The van der Waals surface area contributed by atoms with Crippen LogP contribution in [0.3, 0.4) is 0 Å². The van der Waals surface area contributed by atoms with Gasteiger partial charge in [-0.15, -0.1) is 0 Å². The highest BCUT2D eigenvalue weighted by Gasteiger charge is 2.40. The summed E-state index contributed by atoms with van der Waals surface area (Å²) < 4.78 is 30.9. The highest BCUT2D eigenvalue weighted by Crippen LogP contribution is 2.38. The summed E-state index contributed by atoms with van der Waals surface area (Å²) in [5.74, 6) is -3.05. The Morgan fingerprint density at radius 2 is 1.64 bits per heavy atom. The van der Waals surface area contributed by atoms with Gasteiger partial charge in [-0.05, 0) is 6.07 Å².